The van der Waals surface area contributed by atoms with E-state index in [1.165, 1.54) is 4.57 Å². The number of anilines is 1. The molecule has 1 aliphatic rings. The van der Waals surface area contributed by atoms with Gasteiger partial charge < -0.3 is 0 Å². The average Bonchev–Trinajstić information content (AvgIpc) is 2.62. The Morgan fingerprint density at radius 1 is 1.32 bits per heavy atom. The summed E-state index contributed by atoms with van der Waals surface area (Å²) in [6.45, 7) is 1.16. The van der Waals surface area contributed by atoms with Gasteiger partial charge in [0, 0.05) is 0 Å². The average molecular weight is 534 g/mol. The molecular formula is C16H17N4O4Tl. The minimum atomic E-state index is -0.507. The third-order valence-corrected chi connectivity index (χ3v) is 5.44. The van der Waals surface area contributed by atoms with E-state index in [2.05, 4.69) is 13.0 Å². The molecule has 2 heterocycles. The van der Waals surface area contributed by atoms with Crippen LogP contribution < -0.4 is 11.0 Å². The van der Waals surface area contributed by atoms with Crippen LogP contribution in [0.2, 0.25) is 0 Å². The predicted octanol–water partition coefficient (Wildman–Crippen LogP) is -0.229. The van der Waals surface area contributed by atoms with Crippen molar-refractivity contribution in [3.8, 4) is 0 Å². The summed E-state index contributed by atoms with van der Waals surface area (Å²) < 4.78 is 9.26. The Balaban J connectivity index is 1.75. The molecule has 1 aromatic heterocycles. The number of aromatic nitrogens is 2. The summed E-state index contributed by atoms with van der Waals surface area (Å²) in [6.07, 6.45) is 0.752. The fourth-order valence-electron chi connectivity index (χ4n) is 2.58. The predicted molar refractivity (Wildman–Crippen MR) is 91.2 cm³/mol. The Kier molecular flexibility index (Phi) is 5.94. The summed E-state index contributed by atoms with van der Waals surface area (Å²) in [7, 11) is 0. The Hall–Kier alpha value is -1.63. The van der Waals surface area contributed by atoms with Crippen LogP contribution in [-0.4, -0.2) is 75.1 Å². The standard InChI is InChI=1S/C16H17N4O4.Tl/c21-10-12-8-17-9-14(24-12)20-7-6-13(19-16(20)23)18-15(22)11-4-2-1-3-5-11;/h1-7,12,14,21H,8-10H2,(H,18,19,22,23);/q-1;+1. The van der Waals surface area contributed by atoms with Crippen molar-refractivity contribution in [2.75, 3.05) is 25.0 Å². The number of carbonyl (C=O) groups excluding carboxylic acids is 1. The van der Waals surface area contributed by atoms with E-state index in [-0.39, 0.29) is 24.4 Å². The molecule has 2 atom stereocenters. The summed E-state index contributed by atoms with van der Waals surface area (Å²) in [5.41, 5.74) is -0.0182. The van der Waals surface area contributed by atoms with Crippen LogP contribution in [0.15, 0.2) is 47.4 Å². The molecule has 8 nitrogen and oxygen atoms in total. The second-order valence-electron chi connectivity index (χ2n) is 5.67. The van der Waals surface area contributed by atoms with E-state index in [4.69, 9.17) is 4.74 Å². The Labute approximate surface area is 160 Å². The van der Waals surface area contributed by atoms with Crippen molar-refractivity contribution in [2.24, 2.45) is 0 Å². The summed E-state index contributed by atoms with van der Waals surface area (Å²) >= 11 is 0.596. The Bertz CT molecular complexity index is 798. The number of rotatable bonds is 4. The second kappa shape index (κ2) is 8.17. The molecule has 2 unspecified atom stereocenters. The molecule has 1 aromatic carbocycles. The number of aliphatic hydroxyl groups is 1. The van der Waals surface area contributed by atoms with Crippen LogP contribution in [0.3, 0.4) is 0 Å². The first-order chi connectivity index (χ1) is 12.1. The molecule has 2 aromatic rings. The number of nitrogens with zero attached hydrogens (tertiary/aromatic N) is 3. The van der Waals surface area contributed by atoms with Crippen molar-refractivity contribution in [2.45, 2.75) is 12.3 Å². The topological polar surface area (TPSA) is 96.7 Å². The van der Waals surface area contributed by atoms with Gasteiger partial charge in [-0.15, -0.1) is 0 Å². The quantitative estimate of drug-likeness (QED) is 0.528. The van der Waals surface area contributed by atoms with E-state index in [9.17, 15) is 14.7 Å². The van der Waals surface area contributed by atoms with Crippen molar-refractivity contribution in [1.29, 1.82) is 0 Å². The fraction of sp³-hybridized carbons (Fsp3) is 0.312. The fourth-order valence-corrected chi connectivity index (χ4v) is 4.19. The molecule has 3 rings (SSSR count). The molecule has 1 fully saturated rings. The number of aliphatic hydroxyl groups excluding tert-OH is 1. The third kappa shape index (κ3) is 4.51. The van der Waals surface area contributed by atoms with E-state index >= 15 is 0 Å². The van der Waals surface area contributed by atoms with Crippen LogP contribution in [0, 0.1) is 0 Å². The van der Waals surface area contributed by atoms with Crippen molar-refractivity contribution in [3.63, 3.8) is 0 Å². The van der Waals surface area contributed by atoms with Gasteiger partial charge in [-0.1, -0.05) is 6.07 Å². The van der Waals surface area contributed by atoms with Gasteiger partial charge in [-0.05, 0) is 0 Å². The van der Waals surface area contributed by atoms with E-state index < -0.39 is 11.9 Å². The van der Waals surface area contributed by atoms with Crippen molar-refractivity contribution in [1.82, 2.24) is 12.3 Å². The van der Waals surface area contributed by atoms with Gasteiger partial charge in [-0.25, -0.2) is 0 Å². The molecule has 25 heavy (non-hydrogen) atoms. The second-order valence-corrected chi connectivity index (χ2v) is 8.51. The van der Waals surface area contributed by atoms with Gasteiger partial charge in [0.05, 0.1) is 0 Å². The molecule has 1 aliphatic heterocycles. The van der Waals surface area contributed by atoms with Crippen molar-refractivity contribution < 1.29 is 14.6 Å². The first kappa shape index (κ1) is 18.2. The van der Waals surface area contributed by atoms with Crippen molar-refractivity contribution >= 4 is 37.8 Å². The van der Waals surface area contributed by atoms with E-state index in [0.717, 1.165) is 0 Å². The van der Waals surface area contributed by atoms with E-state index in [1.807, 2.05) is 6.07 Å². The molecule has 0 spiro atoms. The Morgan fingerprint density at radius 3 is 2.76 bits per heavy atom. The maximum absolute atomic E-state index is 12.3. The summed E-state index contributed by atoms with van der Waals surface area (Å²) in [4.78, 5) is 28.4. The number of hydrogen-bond acceptors (Lipinski definition) is 6. The number of amides is 1. The van der Waals surface area contributed by atoms with Crippen LogP contribution in [0.4, 0.5) is 5.82 Å². The van der Waals surface area contributed by atoms with Crippen LogP contribution in [-0.2, 0) is 4.74 Å². The van der Waals surface area contributed by atoms with E-state index in [0.29, 0.717) is 44.7 Å². The molecule has 0 saturated carbocycles. The number of hydrogen-bond donors (Lipinski definition) is 2. The van der Waals surface area contributed by atoms with Crippen LogP contribution in [0.1, 0.15) is 16.6 Å². The summed E-state index contributed by atoms with van der Waals surface area (Å²) in [5, 5.41) is 11.9. The zero-order chi connectivity index (χ0) is 17.8. The molecule has 0 radical (unpaired) electrons. The number of benzene rings is 1. The van der Waals surface area contributed by atoms with Crippen LogP contribution in [0.5, 0.6) is 0 Å². The first-order valence-corrected chi connectivity index (χ1v) is 9.79. The zero-order valence-corrected chi connectivity index (χ0v) is 17.9. The van der Waals surface area contributed by atoms with Gasteiger partial charge in [0.1, 0.15) is 0 Å². The number of morpholine rings is 1. The minimum absolute atomic E-state index is 0.0902. The molecule has 0 aliphatic carbocycles. The van der Waals surface area contributed by atoms with Gasteiger partial charge in [-0.2, -0.15) is 0 Å². The first-order valence-electron chi connectivity index (χ1n) is 7.78. The molecule has 128 valence electrons. The normalized spacial score (nSPS) is 21.0. The molecule has 1 saturated heterocycles. The maximum atomic E-state index is 12.3. The van der Waals surface area contributed by atoms with Gasteiger partial charge in [-0.3, -0.25) is 0 Å². The number of nitrogens with one attached hydrogen (secondary N) is 1. The molecule has 1 amide bonds. The Morgan fingerprint density at radius 2 is 2.08 bits per heavy atom. The molecule has 2 N–H and O–H groups in total. The summed E-state index contributed by atoms with van der Waals surface area (Å²) in [6, 6.07) is 10.3. The van der Waals surface area contributed by atoms with Gasteiger partial charge in [0.2, 0.25) is 0 Å². The SMILES string of the molecule is O=C(Nc1ccn(C2C[N]([Tl])CC(CO)O2)c(=O)n1)c1ccccc1. The monoisotopic (exact) mass is 534 g/mol. The van der Waals surface area contributed by atoms with Crippen molar-refractivity contribution in [3.05, 3.63) is 58.6 Å². The van der Waals surface area contributed by atoms with Crippen LogP contribution in [0.25, 0.3) is 0 Å². The van der Waals surface area contributed by atoms with Gasteiger partial charge in [0.25, 0.3) is 0 Å². The van der Waals surface area contributed by atoms with Gasteiger partial charge >= 0.3 is 155 Å². The zero-order valence-electron chi connectivity index (χ0n) is 13.4. The number of ether oxygens (including phenoxy) is 1. The van der Waals surface area contributed by atoms with Gasteiger partial charge in [0.15, 0.2) is 0 Å². The summed E-state index contributed by atoms with van der Waals surface area (Å²) in [5.74, 6) is -0.138. The third-order valence-electron chi connectivity index (χ3n) is 3.80. The molecular weight excluding hydrogens is 517 g/mol. The van der Waals surface area contributed by atoms with E-state index in [1.54, 1.807) is 36.5 Å². The van der Waals surface area contributed by atoms with Crippen LogP contribution >= 0.6 is 0 Å². The molecule has 9 heteroatoms. The number of carbonyl (C=O) groups is 1. The molecule has 0 bridgehead atoms.